The third-order valence-electron chi connectivity index (χ3n) is 4.34. The summed E-state index contributed by atoms with van der Waals surface area (Å²) in [6.07, 6.45) is 2.38. The average molecular weight is 296 g/mol. The third-order valence-corrected chi connectivity index (χ3v) is 4.34. The summed E-state index contributed by atoms with van der Waals surface area (Å²) in [5.41, 5.74) is 0. The molecule has 0 aromatic rings. The topological polar surface area (TPSA) is 86.7 Å². The lowest BCUT2D eigenvalue weighted by atomic mass is 9.97. The largest absolute Gasteiger partial charge is 0.481 e. The molecule has 6 heteroatoms. The van der Waals surface area contributed by atoms with Gasteiger partial charge in [0, 0.05) is 25.6 Å². The van der Waals surface area contributed by atoms with Crippen molar-refractivity contribution in [2.75, 3.05) is 19.6 Å². The van der Waals surface area contributed by atoms with Crippen molar-refractivity contribution in [1.82, 2.24) is 10.2 Å². The summed E-state index contributed by atoms with van der Waals surface area (Å²) in [6.45, 7) is 5.63. The summed E-state index contributed by atoms with van der Waals surface area (Å²) in [5, 5.41) is 11.8. The number of carbonyl (C=O) groups excluding carboxylic acids is 2. The number of hydrogen-bond acceptors (Lipinski definition) is 3. The van der Waals surface area contributed by atoms with Crippen molar-refractivity contribution >= 4 is 17.8 Å². The number of piperidine rings is 1. The van der Waals surface area contributed by atoms with E-state index >= 15 is 0 Å². The van der Waals surface area contributed by atoms with E-state index in [2.05, 4.69) is 5.32 Å². The predicted molar refractivity (Wildman–Crippen MR) is 76.4 cm³/mol. The highest BCUT2D eigenvalue weighted by atomic mass is 16.4. The van der Waals surface area contributed by atoms with Crippen molar-refractivity contribution in [1.29, 1.82) is 0 Å². The van der Waals surface area contributed by atoms with Crippen LogP contribution in [0.5, 0.6) is 0 Å². The molecule has 0 aromatic carbocycles. The second-order valence-corrected chi connectivity index (χ2v) is 6.48. The number of carboxylic acid groups (broad SMARTS) is 1. The molecule has 118 valence electrons. The molecule has 0 aromatic heterocycles. The maximum absolute atomic E-state index is 12.2. The van der Waals surface area contributed by atoms with Crippen LogP contribution in [0.15, 0.2) is 0 Å². The SMILES string of the molecule is CC(C)C(=O)NCC1CCCN(C(=O)C2CC2C(=O)O)C1. The molecule has 21 heavy (non-hydrogen) atoms. The molecular formula is C15H24N2O4. The van der Waals surface area contributed by atoms with E-state index in [9.17, 15) is 14.4 Å². The number of carbonyl (C=O) groups is 3. The summed E-state index contributed by atoms with van der Waals surface area (Å²) < 4.78 is 0. The Kier molecular flexibility index (Phi) is 4.85. The number of amides is 2. The maximum Gasteiger partial charge on any atom is 0.307 e. The zero-order chi connectivity index (χ0) is 15.6. The first-order valence-corrected chi connectivity index (χ1v) is 7.69. The Morgan fingerprint density at radius 3 is 2.57 bits per heavy atom. The third kappa shape index (κ3) is 3.95. The lowest BCUT2D eigenvalue weighted by Gasteiger charge is -2.33. The molecule has 2 aliphatic rings. The Morgan fingerprint density at radius 2 is 2.00 bits per heavy atom. The molecule has 3 unspecified atom stereocenters. The quantitative estimate of drug-likeness (QED) is 0.782. The van der Waals surface area contributed by atoms with E-state index in [1.165, 1.54) is 0 Å². The number of carboxylic acids is 1. The minimum absolute atomic E-state index is 0.0257. The molecule has 0 radical (unpaired) electrons. The number of hydrogen-bond donors (Lipinski definition) is 2. The molecule has 6 nitrogen and oxygen atoms in total. The summed E-state index contributed by atoms with van der Waals surface area (Å²) >= 11 is 0. The molecule has 1 aliphatic heterocycles. The van der Waals surface area contributed by atoms with Crippen LogP contribution < -0.4 is 5.32 Å². The highest BCUT2D eigenvalue weighted by Gasteiger charge is 2.50. The van der Waals surface area contributed by atoms with Crippen molar-refractivity contribution in [3.8, 4) is 0 Å². The molecule has 2 N–H and O–H groups in total. The van der Waals surface area contributed by atoms with Crippen molar-refractivity contribution in [3.05, 3.63) is 0 Å². The van der Waals surface area contributed by atoms with Gasteiger partial charge in [0.2, 0.25) is 11.8 Å². The molecule has 2 amide bonds. The van der Waals surface area contributed by atoms with Gasteiger partial charge in [-0.2, -0.15) is 0 Å². The summed E-state index contributed by atoms with van der Waals surface area (Å²) in [7, 11) is 0. The Balaban J connectivity index is 1.80. The Hall–Kier alpha value is -1.59. The van der Waals surface area contributed by atoms with Crippen LogP contribution in [0.3, 0.4) is 0 Å². The average Bonchev–Trinajstić information content (AvgIpc) is 3.24. The van der Waals surface area contributed by atoms with E-state index in [-0.39, 0.29) is 29.6 Å². The van der Waals surface area contributed by atoms with Crippen LogP contribution in [-0.2, 0) is 14.4 Å². The zero-order valence-electron chi connectivity index (χ0n) is 12.7. The van der Waals surface area contributed by atoms with Gasteiger partial charge in [-0.25, -0.2) is 0 Å². The van der Waals surface area contributed by atoms with Gasteiger partial charge in [-0.15, -0.1) is 0 Å². The highest BCUT2D eigenvalue weighted by Crippen LogP contribution is 2.40. The number of nitrogens with zero attached hydrogens (tertiary/aromatic N) is 1. The van der Waals surface area contributed by atoms with Crippen molar-refractivity contribution in [2.45, 2.75) is 33.1 Å². The highest BCUT2D eigenvalue weighted by molar-refractivity contribution is 5.89. The van der Waals surface area contributed by atoms with Crippen molar-refractivity contribution in [3.63, 3.8) is 0 Å². The van der Waals surface area contributed by atoms with Gasteiger partial charge in [0.15, 0.2) is 0 Å². The molecule has 3 atom stereocenters. The second-order valence-electron chi connectivity index (χ2n) is 6.48. The van der Waals surface area contributed by atoms with Gasteiger partial charge < -0.3 is 15.3 Å². The fourth-order valence-corrected chi connectivity index (χ4v) is 2.86. The minimum atomic E-state index is -0.869. The summed E-state index contributed by atoms with van der Waals surface area (Å²) in [5.74, 6) is -1.44. The Labute approximate surface area is 124 Å². The van der Waals surface area contributed by atoms with E-state index in [1.807, 2.05) is 13.8 Å². The Morgan fingerprint density at radius 1 is 1.29 bits per heavy atom. The first kappa shape index (κ1) is 15.8. The van der Waals surface area contributed by atoms with E-state index in [1.54, 1.807) is 4.90 Å². The van der Waals surface area contributed by atoms with Gasteiger partial charge in [-0.1, -0.05) is 13.8 Å². The summed E-state index contributed by atoms with van der Waals surface area (Å²) in [6, 6.07) is 0. The zero-order valence-corrected chi connectivity index (χ0v) is 12.7. The van der Waals surface area contributed by atoms with Gasteiger partial charge >= 0.3 is 5.97 Å². The minimum Gasteiger partial charge on any atom is -0.481 e. The lowest BCUT2D eigenvalue weighted by molar-refractivity contribution is -0.142. The van der Waals surface area contributed by atoms with E-state index < -0.39 is 11.9 Å². The van der Waals surface area contributed by atoms with Crippen LogP contribution in [0.2, 0.25) is 0 Å². The van der Waals surface area contributed by atoms with Crippen LogP contribution in [0, 0.1) is 23.7 Å². The van der Waals surface area contributed by atoms with E-state index in [0.29, 0.717) is 26.1 Å². The van der Waals surface area contributed by atoms with Gasteiger partial charge in [0.05, 0.1) is 11.8 Å². The van der Waals surface area contributed by atoms with Crippen molar-refractivity contribution in [2.24, 2.45) is 23.7 Å². The second kappa shape index (κ2) is 6.45. The maximum atomic E-state index is 12.2. The molecule has 2 rings (SSSR count). The van der Waals surface area contributed by atoms with Crippen molar-refractivity contribution < 1.29 is 19.5 Å². The van der Waals surface area contributed by atoms with Gasteiger partial charge in [-0.3, -0.25) is 14.4 Å². The standard InChI is InChI=1S/C15H24N2O4/c1-9(2)13(18)16-7-10-4-3-5-17(8-10)14(19)11-6-12(11)15(20)21/h9-12H,3-8H2,1-2H3,(H,16,18)(H,20,21). The molecule has 0 spiro atoms. The fourth-order valence-electron chi connectivity index (χ4n) is 2.86. The molecule has 1 saturated heterocycles. The number of rotatable bonds is 5. The first-order valence-electron chi connectivity index (χ1n) is 7.69. The van der Waals surface area contributed by atoms with E-state index in [4.69, 9.17) is 5.11 Å². The molecule has 2 fully saturated rings. The molecular weight excluding hydrogens is 272 g/mol. The van der Waals surface area contributed by atoms with Crippen LogP contribution in [0.25, 0.3) is 0 Å². The molecule has 1 heterocycles. The monoisotopic (exact) mass is 296 g/mol. The predicted octanol–water partition coefficient (Wildman–Crippen LogP) is 0.718. The fraction of sp³-hybridized carbons (Fsp3) is 0.800. The normalized spacial score (nSPS) is 28.3. The molecule has 0 bridgehead atoms. The first-order chi connectivity index (χ1) is 9.90. The van der Waals surface area contributed by atoms with Crippen LogP contribution in [-0.4, -0.2) is 47.4 Å². The summed E-state index contributed by atoms with van der Waals surface area (Å²) in [4.78, 5) is 36.5. The molecule has 1 saturated carbocycles. The number of nitrogens with one attached hydrogen (secondary N) is 1. The van der Waals surface area contributed by atoms with Crippen LogP contribution in [0.4, 0.5) is 0 Å². The van der Waals surface area contributed by atoms with Crippen LogP contribution >= 0.6 is 0 Å². The van der Waals surface area contributed by atoms with E-state index in [0.717, 1.165) is 12.8 Å². The Bertz CT molecular complexity index is 435. The lowest BCUT2D eigenvalue weighted by Crippen LogP contribution is -2.45. The van der Waals surface area contributed by atoms with Gasteiger partial charge in [0.25, 0.3) is 0 Å². The molecule has 1 aliphatic carbocycles. The van der Waals surface area contributed by atoms with Crippen LogP contribution in [0.1, 0.15) is 33.1 Å². The number of likely N-dealkylation sites (tertiary alicyclic amines) is 1. The number of aliphatic carboxylic acids is 1. The van der Waals surface area contributed by atoms with Gasteiger partial charge in [-0.05, 0) is 25.2 Å². The smallest absolute Gasteiger partial charge is 0.307 e. The van der Waals surface area contributed by atoms with Gasteiger partial charge in [0.1, 0.15) is 0 Å².